The maximum atomic E-state index is 14.2. The second kappa shape index (κ2) is 9.48. The number of carbonyl (C=O) groups excluding carboxylic acids is 1. The Labute approximate surface area is 213 Å². The highest BCUT2D eigenvalue weighted by Crippen LogP contribution is 2.38. The average molecular weight is 507 g/mol. The average Bonchev–Trinajstić information content (AvgIpc) is 2.89. The topological polar surface area (TPSA) is 74.9 Å². The molecule has 5 rings (SSSR count). The molecule has 35 heavy (non-hydrogen) atoms. The fourth-order valence-electron chi connectivity index (χ4n) is 4.29. The maximum Gasteiger partial charge on any atom is 0.262 e. The third kappa shape index (κ3) is 4.38. The van der Waals surface area contributed by atoms with E-state index in [0.29, 0.717) is 27.2 Å². The molecule has 3 aromatic carbocycles. The molecular formula is C26H23ClN4O3S. The van der Waals surface area contributed by atoms with Gasteiger partial charge in [0.15, 0.2) is 5.11 Å². The number of nitrogens with one attached hydrogen (secondary N) is 3. The largest absolute Gasteiger partial charge is 0.497 e. The van der Waals surface area contributed by atoms with Crippen molar-refractivity contribution in [1.29, 1.82) is 0 Å². The molecule has 0 radical (unpaired) electrons. The van der Waals surface area contributed by atoms with Crippen LogP contribution in [0.15, 0.2) is 84.2 Å². The van der Waals surface area contributed by atoms with Crippen LogP contribution in [0.25, 0.3) is 0 Å². The van der Waals surface area contributed by atoms with Crippen molar-refractivity contribution in [2.75, 3.05) is 19.1 Å². The van der Waals surface area contributed by atoms with Gasteiger partial charge in [-0.2, -0.15) is 0 Å². The quantitative estimate of drug-likeness (QED) is 0.442. The molecule has 2 aliphatic rings. The van der Waals surface area contributed by atoms with Gasteiger partial charge in [-0.1, -0.05) is 35.9 Å². The Morgan fingerprint density at radius 1 is 0.829 bits per heavy atom. The molecule has 0 saturated carbocycles. The van der Waals surface area contributed by atoms with E-state index in [2.05, 4.69) is 16.0 Å². The van der Waals surface area contributed by atoms with Gasteiger partial charge >= 0.3 is 0 Å². The van der Waals surface area contributed by atoms with Gasteiger partial charge in [-0.25, -0.2) is 0 Å². The Kier molecular flexibility index (Phi) is 6.23. The fourth-order valence-corrected chi connectivity index (χ4v) is 4.64. The van der Waals surface area contributed by atoms with Crippen LogP contribution in [0, 0.1) is 0 Å². The number of ether oxygens (including phenoxy) is 2. The van der Waals surface area contributed by atoms with Crippen molar-refractivity contribution in [3.63, 3.8) is 0 Å². The predicted octanol–water partition coefficient (Wildman–Crippen LogP) is 4.42. The standard InChI is InChI=1S/C26H23ClN4O3S/c1-33-19-11-3-15(4-12-19)22-21-23(30-26(35)28-22)29-24(16-5-13-20(34-2)14-6-16)31(25(21)32)18-9-7-17(27)8-10-18/h3-14,22,24,29H,1-2H3,(H2,28,30,35)/t22-,24-/m0/s1. The van der Waals surface area contributed by atoms with E-state index in [1.165, 1.54) is 0 Å². The summed E-state index contributed by atoms with van der Waals surface area (Å²) in [4.78, 5) is 15.9. The molecule has 0 spiro atoms. The molecule has 7 nitrogen and oxygen atoms in total. The molecule has 9 heteroatoms. The molecule has 2 atom stereocenters. The third-order valence-corrected chi connectivity index (χ3v) is 6.52. The van der Waals surface area contributed by atoms with E-state index in [4.69, 9.17) is 33.3 Å². The van der Waals surface area contributed by atoms with Gasteiger partial charge in [0.1, 0.15) is 23.5 Å². The summed E-state index contributed by atoms with van der Waals surface area (Å²) in [5.41, 5.74) is 3.01. The molecule has 3 N–H and O–H groups in total. The molecule has 0 fully saturated rings. The minimum atomic E-state index is -0.488. The molecule has 0 unspecified atom stereocenters. The number of hydrogen-bond donors (Lipinski definition) is 3. The lowest BCUT2D eigenvalue weighted by atomic mass is 9.93. The minimum Gasteiger partial charge on any atom is -0.497 e. The van der Waals surface area contributed by atoms with Crippen LogP contribution in [0.4, 0.5) is 5.69 Å². The second-order valence-corrected chi connectivity index (χ2v) is 8.91. The zero-order chi connectivity index (χ0) is 24.5. The first-order valence-corrected chi connectivity index (χ1v) is 11.7. The number of halogens is 1. The van der Waals surface area contributed by atoms with Gasteiger partial charge in [-0.05, 0) is 71.9 Å². The molecule has 2 heterocycles. The number of hydrogen-bond acceptors (Lipinski definition) is 5. The van der Waals surface area contributed by atoms with Gasteiger partial charge in [-0.3, -0.25) is 9.69 Å². The Morgan fingerprint density at radius 3 is 1.97 bits per heavy atom. The van der Waals surface area contributed by atoms with Crippen molar-refractivity contribution < 1.29 is 14.3 Å². The van der Waals surface area contributed by atoms with E-state index in [9.17, 15) is 4.79 Å². The Bertz CT molecular complexity index is 1290. The predicted molar refractivity (Wildman–Crippen MR) is 139 cm³/mol. The first-order chi connectivity index (χ1) is 17.0. The number of amides is 1. The van der Waals surface area contributed by atoms with Gasteiger partial charge in [0.05, 0.1) is 25.8 Å². The highest BCUT2D eigenvalue weighted by atomic mass is 35.5. The molecule has 0 bridgehead atoms. The van der Waals surface area contributed by atoms with Gasteiger partial charge < -0.3 is 25.4 Å². The van der Waals surface area contributed by atoms with Crippen LogP contribution >= 0.6 is 23.8 Å². The van der Waals surface area contributed by atoms with Crippen molar-refractivity contribution in [2.24, 2.45) is 0 Å². The van der Waals surface area contributed by atoms with Crippen molar-refractivity contribution in [1.82, 2.24) is 16.0 Å². The second-order valence-electron chi connectivity index (χ2n) is 8.06. The van der Waals surface area contributed by atoms with E-state index < -0.39 is 12.2 Å². The monoisotopic (exact) mass is 506 g/mol. The molecule has 178 valence electrons. The van der Waals surface area contributed by atoms with E-state index in [1.54, 1.807) is 31.3 Å². The number of anilines is 1. The first-order valence-electron chi connectivity index (χ1n) is 10.9. The van der Waals surface area contributed by atoms with Crippen molar-refractivity contribution in [3.8, 4) is 11.5 Å². The van der Waals surface area contributed by atoms with Crippen LogP contribution in [0.1, 0.15) is 23.3 Å². The summed E-state index contributed by atoms with van der Waals surface area (Å²) in [6, 6.07) is 21.9. The summed E-state index contributed by atoms with van der Waals surface area (Å²) in [5.74, 6) is 1.88. The van der Waals surface area contributed by atoms with Crippen LogP contribution in [-0.2, 0) is 4.79 Å². The van der Waals surface area contributed by atoms with E-state index in [0.717, 1.165) is 22.6 Å². The summed E-state index contributed by atoms with van der Waals surface area (Å²) >= 11 is 11.6. The van der Waals surface area contributed by atoms with E-state index in [-0.39, 0.29) is 5.91 Å². The summed E-state index contributed by atoms with van der Waals surface area (Å²) < 4.78 is 10.6. The normalized spacial score (nSPS) is 19.3. The fraction of sp³-hybridized carbons (Fsp3) is 0.154. The lowest BCUT2D eigenvalue weighted by Gasteiger charge is -2.43. The third-order valence-electron chi connectivity index (χ3n) is 6.05. The van der Waals surface area contributed by atoms with Crippen LogP contribution in [-0.4, -0.2) is 25.2 Å². The zero-order valence-electron chi connectivity index (χ0n) is 19.0. The Hall–Kier alpha value is -3.75. The Morgan fingerprint density at radius 2 is 1.40 bits per heavy atom. The molecule has 0 aromatic heterocycles. The number of rotatable bonds is 5. The van der Waals surface area contributed by atoms with Gasteiger partial charge in [0, 0.05) is 10.7 Å². The SMILES string of the molecule is COc1ccc([C@@H]2NC(=S)NC3=C2C(=O)N(c2ccc(Cl)cc2)[C@@H](c2ccc(OC)cc2)N3)cc1. The van der Waals surface area contributed by atoms with Crippen molar-refractivity contribution >= 4 is 40.5 Å². The lowest BCUT2D eigenvalue weighted by Crippen LogP contribution is -2.58. The summed E-state index contributed by atoms with van der Waals surface area (Å²) in [6.07, 6.45) is -0.488. The number of nitrogens with zero attached hydrogens (tertiary/aromatic N) is 1. The van der Waals surface area contributed by atoms with E-state index >= 15 is 0 Å². The van der Waals surface area contributed by atoms with Crippen LogP contribution in [0.2, 0.25) is 5.02 Å². The molecule has 1 amide bonds. The smallest absolute Gasteiger partial charge is 0.262 e. The van der Waals surface area contributed by atoms with Crippen LogP contribution < -0.4 is 30.3 Å². The van der Waals surface area contributed by atoms with Crippen molar-refractivity contribution in [2.45, 2.75) is 12.2 Å². The van der Waals surface area contributed by atoms with Gasteiger partial charge in [-0.15, -0.1) is 0 Å². The number of methoxy groups -OCH3 is 2. The number of thiocarbonyl (C=S) groups is 1. The number of carbonyl (C=O) groups is 1. The summed E-state index contributed by atoms with van der Waals surface area (Å²) in [6.45, 7) is 0. The lowest BCUT2D eigenvalue weighted by molar-refractivity contribution is -0.116. The number of benzene rings is 3. The summed E-state index contributed by atoms with van der Waals surface area (Å²) in [5, 5.41) is 10.9. The van der Waals surface area contributed by atoms with Crippen LogP contribution in [0.5, 0.6) is 11.5 Å². The maximum absolute atomic E-state index is 14.2. The molecular weight excluding hydrogens is 484 g/mol. The van der Waals surface area contributed by atoms with Gasteiger partial charge in [0.25, 0.3) is 5.91 Å². The molecule has 0 saturated heterocycles. The minimum absolute atomic E-state index is 0.162. The van der Waals surface area contributed by atoms with Crippen molar-refractivity contribution in [3.05, 3.63) is 100 Å². The molecule has 0 aliphatic carbocycles. The van der Waals surface area contributed by atoms with E-state index in [1.807, 2.05) is 60.7 Å². The van der Waals surface area contributed by atoms with Crippen LogP contribution in [0.3, 0.4) is 0 Å². The summed E-state index contributed by atoms with van der Waals surface area (Å²) in [7, 11) is 3.24. The highest BCUT2D eigenvalue weighted by molar-refractivity contribution is 7.80. The first kappa shape index (κ1) is 23.0. The van der Waals surface area contributed by atoms with Gasteiger partial charge in [0.2, 0.25) is 0 Å². The Balaban J connectivity index is 1.62. The molecule has 2 aliphatic heterocycles. The zero-order valence-corrected chi connectivity index (χ0v) is 20.6. The highest BCUT2D eigenvalue weighted by Gasteiger charge is 2.42. The molecule has 3 aromatic rings.